The van der Waals surface area contributed by atoms with Crippen LogP contribution < -0.4 is 4.72 Å². The summed E-state index contributed by atoms with van der Waals surface area (Å²) in [5, 5.41) is 5.85. The van der Waals surface area contributed by atoms with Gasteiger partial charge in [0.25, 0.3) is 10.0 Å². The number of ether oxygens (including phenoxy) is 1. The first-order valence-electron chi connectivity index (χ1n) is 7.54. The summed E-state index contributed by atoms with van der Waals surface area (Å²) in [6.45, 7) is 5.64. The minimum absolute atomic E-state index is 0.0807. The highest BCUT2D eigenvalue weighted by atomic mass is 32.2. The number of thiazole rings is 1. The van der Waals surface area contributed by atoms with E-state index in [1.807, 2.05) is 13.8 Å². The molecule has 0 atom stereocenters. The second-order valence-electron chi connectivity index (χ2n) is 4.92. The lowest BCUT2D eigenvalue weighted by molar-refractivity contribution is 0.0520. The second kappa shape index (κ2) is 7.31. The third-order valence-corrected chi connectivity index (χ3v) is 5.69. The largest absolute Gasteiger partial charge is 0.461 e. The van der Waals surface area contributed by atoms with Crippen molar-refractivity contribution in [1.29, 1.82) is 0 Å². The van der Waals surface area contributed by atoms with Crippen LogP contribution >= 0.6 is 11.3 Å². The third-order valence-electron chi connectivity index (χ3n) is 3.33. The van der Waals surface area contributed by atoms with E-state index in [0.29, 0.717) is 24.2 Å². The van der Waals surface area contributed by atoms with Gasteiger partial charge in [-0.2, -0.15) is 5.10 Å². The van der Waals surface area contributed by atoms with Crippen molar-refractivity contribution in [3.63, 3.8) is 0 Å². The van der Waals surface area contributed by atoms with Gasteiger partial charge in [0.05, 0.1) is 18.0 Å². The number of sulfonamides is 1. The van der Waals surface area contributed by atoms with Crippen LogP contribution in [0.1, 0.15) is 42.6 Å². The maximum atomic E-state index is 12.8. The van der Waals surface area contributed by atoms with E-state index in [1.165, 1.54) is 5.38 Å². The molecule has 2 aromatic rings. The van der Waals surface area contributed by atoms with E-state index >= 15 is 0 Å². The Hall–Kier alpha value is -1.94. The molecule has 132 valence electrons. The smallest absolute Gasteiger partial charge is 0.357 e. The minimum atomic E-state index is -3.84. The van der Waals surface area contributed by atoms with Gasteiger partial charge in [0, 0.05) is 12.4 Å². The van der Waals surface area contributed by atoms with Crippen LogP contribution in [0.2, 0.25) is 0 Å². The molecule has 0 aliphatic carbocycles. The highest BCUT2D eigenvalue weighted by Gasteiger charge is 2.27. The SMILES string of the molecule is CCOC(=O)c1csc(NS(=O)(=O)c2c(CC)nn(C)c2CC)n1. The van der Waals surface area contributed by atoms with Gasteiger partial charge >= 0.3 is 5.97 Å². The van der Waals surface area contributed by atoms with Crippen LogP contribution in [0.5, 0.6) is 0 Å². The molecule has 0 aliphatic rings. The van der Waals surface area contributed by atoms with Crippen LogP contribution in [0.3, 0.4) is 0 Å². The zero-order valence-corrected chi connectivity index (χ0v) is 15.6. The predicted octanol–water partition coefficient (Wildman–Crippen LogP) is 1.98. The molecule has 0 saturated carbocycles. The molecule has 0 radical (unpaired) electrons. The van der Waals surface area contributed by atoms with E-state index in [0.717, 1.165) is 11.3 Å². The van der Waals surface area contributed by atoms with Gasteiger partial charge < -0.3 is 4.74 Å². The van der Waals surface area contributed by atoms with Crippen molar-refractivity contribution < 1.29 is 17.9 Å². The first kappa shape index (κ1) is 18.4. The second-order valence-corrected chi connectivity index (χ2v) is 7.39. The Balaban J connectivity index is 2.34. The Kier molecular flexibility index (Phi) is 5.60. The van der Waals surface area contributed by atoms with Gasteiger partial charge in [0.1, 0.15) is 4.90 Å². The Labute approximate surface area is 144 Å². The lowest BCUT2D eigenvalue weighted by Crippen LogP contribution is -2.16. The van der Waals surface area contributed by atoms with E-state index < -0.39 is 16.0 Å². The molecular formula is C14H20N4O4S2. The topological polar surface area (TPSA) is 103 Å². The molecule has 10 heteroatoms. The summed E-state index contributed by atoms with van der Waals surface area (Å²) in [5.41, 5.74) is 1.21. The molecule has 0 unspecified atom stereocenters. The van der Waals surface area contributed by atoms with Crippen LogP contribution in [-0.2, 0) is 34.6 Å². The fraction of sp³-hybridized carbons (Fsp3) is 0.500. The van der Waals surface area contributed by atoms with Crippen LogP contribution in [-0.4, -0.2) is 35.8 Å². The van der Waals surface area contributed by atoms with Crippen molar-refractivity contribution in [3.8, 4) is 0 Å². The van der Waals surface area contributed by atoms with Crippen molar-refractivity contribution in [2.45, 2.75) is 38.5 Å². The number of nitrogens with one attached hydrogen (secondary N) is 1. The van der Waals surface area contributed by atoms with Gasteiger partial charge in [-0.05, 0) is 19.8 Å². The number of carbonyl (C=O) groups is 1. The van der Waals surface area contributed by atoms with Gasteiger partial charge in [-0.1, -0.05) is 13.8 Å². The van der Waals surface area contributed by atoms with Crippen molar-refractivity contribution in [2.24, 2.45) is 7.05 Å². The fourth-order valence-electron chi connectivity index (χ4n) is 2.32. The molecular weight excluding hydrogens is 352 g/mol. The van der Waals surface area contributed by atoms with Crippen LogP contribution in [0.15, 0.2) is 10.3 Å². The van der Waals surface area contributed by atoms with E-state index in [2.05, 4.69) is 14.8 Å². The summed E-state index contributed by atoms with van der Waals surface area (Å²) < 4.78 is 34.4. The zero-order valence-electron chi connectivity index (χ0n) is 14.0. The van der Waals surface area contributed by atoms with Crippen LogP contribution in [0, 0.1) is 0 Å². The third kappa shape index (κ3) is 3.59. The van der Waals surface area contributed by atoms with Crippen molar-refractivity contribution in [2.75, 3.05) is 11.3 Å². The number of aryl methyl sites for hydroxylation is 2. The molecule has 2 aromatic heterocycles. The number of hydrogen-bond acceptors (Lipinski definition) is 7. The summed E-state index contributed by atoms with van der Waals surface area (Å²) in [6.07, 6.45) is 1.03. The van der Waals surface area contributed by atoms with Gasteiger partial charge in [-0.15, -0.1) is 11.3 Å². The highest BCUT2D eigenvalue weighted by Crippen LogP contribution is 2.26. The molecule has 0 spiro atoms. The summed E-state index contributed by atoms with van der Waals surface area (Å²) in [7, 11) is -2.12. The zero-order chi connectivity index (χ0) is 17.9. The van der Waals surface area contributed by atoms with Crippen LogP contribution in [0.25, 0.3) is 0 Å². The fourth-order valence-corrected chi connectivity index (χ4v) is 4.82. The summed E-state index contributed by atoms with van der Waals surface area (Å²) >= 11 is 1.03. The number of nitrogens with zero attached hydrogens (tertiary/aromatic N) is 3. The molecule has 2 heterocycles. The maximum Gasteiger partial charge on any atom is 0.357 e. The van der Waals surface area contributed by atoms with E-state index in [-0.39, 0.29) is 22.3 Å². The lowest BCUT2D eigenvalue weighted by atomic mass is 10.2. The van der Waals surface area contributed by atoms with Crippen LogP contribution in [0.4, 0.5) is 5.13 Å². The number of aromatic nitrogens is 3. The number of esters is 1. The molecule has 0 fully saturated rings. The van der Waals surface area contributed by atoms with Gasteiger partial charge in [0.15, 0.2) is 10.8 Å². The molecule has 2 rings (SSSR count). The quantitative estimate of drug-likeness (QED) is 0.746. The Bertz CT molecular complexity index is 839. The average molecular weight is 372 g/mol. The van der Waals surface area contributed by atoms with E-state index in [1.54, 1.807) is 18.7 Å². The molecule has 24 heavy (non-hydrogen) atoms. The Morgan fingerprint density at radius 2 is 2.04 bits per heavy atom. The minimum Gasteiger partial charge on any atom is -0.461 e. The van der Waals surface area contributed by atoms with Gasteiger partial charge in [-0.25, -0.2) is 18.2 Å². The van der Waals surface area contributed by atoms with E-state index in [9.17, 15) is 13.2 Å². The molecule has 0 bridgehead atoms. The number of rotatable bonds is 7. The summed E-state index contributed by atoms with van der Waals surface area (Å²) in [5.74, 6) is -0.580. The summed E-state index contributed by atoms with van der Waals surface area (Å²) in [4.78, 5) is 15.8. The van der Waals surface area contributed by atoms with Crippen molar-refractivity contribution in [3.05, 3.63) is 22.5 Å². The normalized spacial score (nSPS) is 11.5. The first-order chi connectivity index (χ1) is 11.3. The van der Waals surface area contributed by atoms with Crippen molar-refractivity contribution >= 4 is 32.5 Å². The standard InChI is InChI=1S/C14H20N4O4S2/c1-5-9-12(11(6-2)18(4)16-9)24(20,21)17-14-15-10(8-23-14)13(19)22-7-3/h8H,5-7H2,1-4H3,(H,15,17). The number of anilines is 1. The Morgan fingerprint density at radius 1 is 1.33 bits per heavy atom. The number of hydrogen-bond donors (Lipinski definition) is 1. The predicted molar refractivity (Wildman–Crippen MR) is 90.8 cm³/mol. The molecule has 0 saturated heterocycles. The monoisotopic (exact) mass is 372 g/mol. The highest BCUT2D eigenvalue weighted by molar-refractivity contribution is 7.93. The molecule has 0 amide bonds. The molecule has 0 aromatic carbocycles. The van der Waals surface area contributed by atoms with E-state index in [4.69, 9.17) is 4.74 Å². The molecule has 0 aliphatic heterocycles. The lowest BCUT2D eigenvalue weighted by Gasteiger charge is -2.07. The Morgan fingerprint density at radius 3 is 2.62 bits per heavy atom. The van der Waals surface area contributed by atoms with Crippen molar-refractivity contribution in [1.82, 2.24) is 14.8 Å². The first-order valence-corrected chi connectivity index (χ1v) is 9.90. The number of carbonyl (C=O) groups excluding carboxylic acids is 1. The average Bonchev–Trinajstić information content (AvgIpc) is 3.11. The van der Waals surface area contributed by atoms with Gasteiger partial charge in [0.2, 0.25) is 0 Å². The molecule has 1 N–H and O–H groups in total. The van der Waals surface area contributed by atoms with Gasteiger partial charge in [-0.3, -0.25) is 9.40 Å². The summed E-state index contributed by atoms with van der Waals surface area (Å²) in [6, 6.07) is 0. The maximum absolute atomic E-state index is 12.8. The molecule has 8 nitrogen and oxygen atoms in total.